The fraction of sp³-hybridized carbons (Fsp3) is 0.136. The van der Waals surface area contributed by atoms with Gasteiger partial charge < -0.3 is 4.74 Å². The van der Waals surface area contributed by atoms with Gasteiger partial charge in [-0.05, 0) is 29.7 Å². The zero-order valence-corrected chi connectivity index (χ0v) is 13.7. The van der Waals surface area contributed by atoms with Gasteiger partial charge in [-0.3, -0.25) is 0 Å². The van der Waals surface area contributed by atoms with Crippen LogP contribution in [0.15, 0.2) is 84.9 Å². The third kappa shape index (κ3) is 3.90. The van der Waals surface area contributed by atoms with Gasteiger partial charge in [-0.1, -0.05) is 78.9 Å². The Hall–Kier alpha value is -2.87. The summed E-state index contributed by atoms with van der Waals surface area (Å²) in [5, 5.41) is 0. The molecule has 0 aliphatic rings. The van der Waals surface area contributed by atoms with Crippen molar-refractivity contribution in [3.63, 3.8) is 0 Å². The highest BCUT2D eigenvalue weighted by Crippen LogP contribution is 2.24. The molecule has 3 aromatic rings. The summed E-state index contributed by atoms with van der Waals surface area (Å²) in [6, 6.07) is 27.5. The molecule has 0 saturated heterocycles. The Morgan fingerprint density at radius 1 is 0.833 bits per heavy atom. The zero-order valence-electron chi connectivity index (χ0n) is 13.7. The Labute approximate surface area is 142 Å². The lowest BCUT2D eigenvalue weighted by molar-refractivity contribution is 0.0344. The lowest BCUT2D eigenvalue weighted by Gasteiger charge is -2.15. The van der Waals surface area contributed by atoms with Crippen molar-refractivity contribution in [1.82, 2.24) is 0 Å². The molecular formula is C22H20O2. The fourth-order valence-corrected chi connectivity index (χ4v) is 2.76. The van der Waals surface area contributed by atoms with Crippen LogP contribution in [0.5, 0.6) is 0 Å². The first-order chi connectivity index (χ1) is 11.7. The van der Waals surface area contributed by atoms with Crippen LogP contribution in [0.1, 0.15) is 22.8 Å². The van der Waals surface area contributed by atoms with E-state index in [-0.39, 0.29) is 12.1 Å². The molecule has 120 valence electrons. The van der Waals surface area contributed by atoms with Gasteiger partial charge in [0, 0.05) is 6.42 Å². The van der Waals surface area contributed by atoms with E-state index in [1.165, 1.54) is 0 Å². The number of esters is 1. The van der Waals surface area contributed by atoms with E-state index in [1.807, 2.05) is 91.9 Å². The predicted octanol–water partition coefficient (Wildman–Crippen LogP) is 5.14. The summed E-state index contributed by atoms with van der Waals surface area (Å²) in [7, 11) is 0. The SMILES string of the molecule is C[C@@H](Cc1ccccc1)OC(=O)c1ccccc1-c1ccccc1. The highest BCUT2D eigenvalue weighted by molar-refractivity contribution is 5.97. The van der Waals surface area contributed by atoms with E-state index in [4.69, 9.17) is 4.74 Å². The lowest BCUT2D eigenvalue weighted by Crippen LogP contribution is -2.18. The molecule has 2 nitrogen and oxygen atoms in total. The van der Waals surface area contributed by atoms with E-state index in [2.05, 4.69) is 0 Å². The summed E-state index contributed by atoms with van der Waals surface area (Å²) in [5.74, 6) is -0.280. The smallest absolute Gasteiger partial charge is 0.339 e. The van der Waals surface area contributed by atoms with Gasteiger partial charge in [-0.2, -0.15) is 0 Å². The highest BCUT2D eigenvalue weighted by atomic mass is 16.5. The summed E-state index contributed by atoms with van der Waals surface area (Å²) in [4.78, 5) is 12.6. The summed E-state index contributed by atoms with van der Waals surface area (Å²) in [5.41, 5.74) is 3.67. The minimum absolute atomic E-state index is 0.177. The molecule has 0 heterocycles. The molecular weight excluding hydrogens is 296 g/mol. The van der Waals surface area contributed by atoms with Gasteiger partial charge >= 0.3 is 5.97 Å². The second-order valence-corrected chi connectivity index (χ2v) is 5.82. The fourth-order valence-electron chi connectivity index (χ4n) is 2.76. The van der Waals surface area contributed by atoms with Crippen molar-refractivity contribution in [2.75, 3.05) is 0 Å². The Kier molecular flexibility index (Phi) is 5.07. The number of hydrogen-bond acceptors (Lipinski definition) is 2. The molecule has 0 amide bonds. The van der Waals surface area contributed by atoms with Crippen LogP contribution < -0.4 is 0 Å². The van der Waals surface area contributed by atoms with E-state index >= 15 is 0 Å². The topological polar surface area (TPSA) is 26.3 Å². The van der Waals surface area contributed by atoms with Crippen LogP contribution in [-0.4, -0.2) is 12.1 Å². The van der Waals surface area contributed by atoms with Crippen molar-refractivity contribution in [2.45, 2.75) is 19.4 Å². The molecule has 0 radical (unpaired) electrons. The van der Waals surface area contributed by atoms with E-state index < -0.39 is 0 Å². The summed E-state index contributed by atoms with van der Waals surface area (Å²) >= 11 is 0. The Bertz CT molecular complexity index is 794. The second-order valence-electron chi connectivity index (χ2n) is 5.82. The normalized spacial score (nSPS) is 11.7. The molecule has 0 aliphatic carbocycles. The van der Waals surface area contributed by atoms with E-state index in [1.54, 1.807) is 0 Å². The minimum Gasteiger partial charge on any atom is -0.459 e. The quantitative estimate of drug-likeness (QED) is 0.609. The maximum Gasteiger partial charge on any atom is 0.339 e. The van der Waals surface area contributed by atoms with Gasteiger partial charge in [0.25, 0.3) is 0 Å². The molecule has 3 aromatic carbocycles. The molecule has 0 spiro atoms. The van der Waals surface area contributed by atoms with Crippen molar-refractivity contribution < 1.29 is 9.53 Å². The first-order valence-electron chi connectivity index (χ1n) is 8.13. The standard InChI is InChI=1S/C22H20O2/c1-17(16-18-10-4-2-5-11-18)24-22(23)21-15-9-8-14-20(21)19-12-6-3-7-13-19/h2-15,17H,16H2,1H3/t17-/m0/s1. The van der Waals surface area contributed by atoms with Crippen LogP contribution in [0, 0.1) is 0 Å². The van der Waals surface area contributed by atoms with Crippen LogP contribution in [0.4, 0.5) is 0 Å². The third-order valence-electron chi connectivity index (χ3n) is 3.91. The van der Waals surface area contributed by atoms with E-state index in [0.717, 1.165) is 16.7 Å². The maximum absolute atomic E-state index is 12.6. The van der Waals surface area contributed by atoms with Gasteiger partial charge in [0.15, 0.2) is 0 Å². The van der Waals surface area contributed by atoms with Crippen molar-refractivity contribution in [3.8, 4) is 11.1 Å². The van der Waals surface area contributed by atoms with Crippen molar-refractivity contribution in [1.29, 1.82) is 0 Å². The largest absolute Gasteiger partial charge is 0.459 e. The molecule has 0 N–H and O–H groups in total. The van der Waals surface area contributed by atoms with Crippen LogP contribution in [0.25, 0.3) is 11.1 Å². The minimum atomic E-state index is -0.280. The summed E-state index contributed by atoms with van der Waals surface area (Å²) in [6.45, 7) is 1.93. The highest BCUT2D eigenvalue weighted by Gasteiger charge is 2.16. The van der Waals surface area contributed by atoms with Crippen molar-refractivity contribution >= 4 is 5.97 Å². The first-order valence-corrected chi connectivity index (χ1v) is 8.13. The van der Waals surface area contributed by atoms with Crippen LogP contribution in [0.3, 0.4) is 0 Å². The number of carbonyl (C=O) groups is 1. The predicted molar refractivity (Wildman–Crippen MR) is 96.9 cm³/mol. The number of carbonyl (C=O) groups excluding carboxylic acids is 1. The molecule has 0 unspecified atom stereocenters. The van der Waals surface area contributed by atoms with Crippen molar-refractivity contribution in [3.05, 3.63) is 96.1 Å². The van der Waals surface area contributed by atoms with Crippen LogP contribution >= 0.6 is 0 Å². The van der Waals surface area contributed by atoms with Gasteiger partial charge in [0.05, 0.1) is 5.56 Å². The Morgan fingerprint density at radius 3 is 2.12 bits per heavy atom. The number of benzene rings is 3. The molecule has 0 aliphatic heterocycles. The van der Waals surface area contributed by atoms with E-state index in [9.17, 15) is 4.79 Å². The summed E-state index contributed by atoms with van der Waals surface area (Å²) in [6.07, 6.45) is 0.531. The third-order valence-corrected chi connectivity index (χ3v) is 3.91. The van der Waals surface area contributed by atoms with Gasteiger partial charge in [-0.25, -0.2) is 4.79 Å². The Morgan fingerprint density at radius 2 is 1.42 bits per heavy atom. The van der Waals surface area contributed by atoms with Gasteiger partial charge in [0.2, 0.25) is 0 Å². The average Bonchev–Trinajstić information content (AvgIpc) is 2.63. The molecule has 0 saturated carbocycles. The lowest BCUT2D eigenvalue weighted by atomic mass is 10.00. The number of ether oxygens (including phenoxy) is 1. The maximum atomic E-state index is 12.6. The van der Waals surface area contributed by atoms with Gasteiger partial charge in [-0.15, -0.1) is 0 Å². The monoisotopic (exact) mass is 316 g/mol. The number of hydrogen-bond donors (Lipinski definition) is 0. The van der Waals surface area contributed by atoms with Crippen LogP contribution in [-0.2, 0) is 11.2 Å². The second kappa shape index (κ2) is 7.60. The van der Waals surface area contributed by atoms with E-state index in [0.29, 0.717) is 12.0 Å². The average molecular weight is 316 g/mol. The molecule has 0 aromatic heterocycles. The molecule has 3 rings (SSSR count). The first kappa shape index (κ1) is 16.0. The molecule has 2 heteroatoms. The van der Waals surface area contributed by atoms with Crippen molar-refractivity contribution in [2.24, 2.45) is 0 Å². The summed E-state index contributed by atoms with van der Waals surface area (Å²) < 4.78 is 5.66. The van der Waals surface area contributed by atoms with Crippen LogP contribution in [0.2, 0.25) is 0 Å². The molecule has 0 bridgehead atoms. The Balaban J connectivity index is 1.76. The molecule has 24 heavy (non-hydrogen) atoms. The number of rotatable bonds is 5. The molecule has 0 fully saturated rings. The molecule has 1 atom stereocenters. The zero-order chi connectivity index (χ0) is 16.8. The van der Waals surface area contributed by atoms with Gasteiger partial charge in [0.1, 0.15) is 6.10 Å².